The van der Waals surface area contributed by atoms with E-state index >= 15 is 0 Å². The number of H-pyrrole nitrogens is 1. The Labute approximate surface area is 213 Å². The molecule has 4 aromatic rings. The molecule has 4 rings (SSSR count). The average Bonchev–Trinajstić information content (AvgIpc) is 3.30. The first-order valence-corrected chi connectivity index (χ1v) is 12.8. The third-order valence-electron chi connectivity index (χ3n) is 7.21. The van der Waals surface area contributed by atoms with Gasteiger partial charge in [-0.25, -0.2) is 4.68 Å². The molecule has 190 valence electrons. The predicted octanol–water partition coefficient (Wildman–Crippen LogP) is 5.68. The van der Waals surface area contributed by atoms with Gasteiger partial charge in [0, 0.05) is 29.6 Å². The topological polar surface area (TPSA) is 79.7 Å². The van der Waals surface area contributed by atoms with Crippen LogP contribution in [0.15, 0.2) is 53.3 Å². The number of nitrogens with one attached hydrogen (secondary N) is 1. The van der Waals surface area contributed by atoms with Gasteiger partial charge in [0.15, 0.2) is 5.82 Å². The van der Waals surface area contributed by atoms with Crippen LogP contribution in [0, 0.1) is 19.8 Å². The molecule has 2 aromatic carbocycles. The highest BCUT2D eigenvalue weighted by Gasteiger charge is 2.33. The maximum Gasteiger partial charge on any atom is 0.252 e. The highest BCUT2D eigenvalue weighted by molar-refractivity contribution is 5.83. The molecule has 2 aromatic heterocycles. The van der Waals surface area contributed by atoms with Crippen LogP contribution in [0.25, 0.3) is 10.9 Å². The summed E-state index contributed by atoms with van der Waals surface area (Å²) >= 11 is 0. The summed E-state index contributed by atoms with van der Waals surface area (Å²) in [7, 11) is 0. The van der Waals surface area contributed by atoms with Crippen LogP contribution >= 0.6 is 0 Å². The molecule has 7 heteroatoms. The third kappa shape index (κ3) is 5.26. The molecule has 0 amide bonds. The van der Waals surface area contributed by atoms with E-state index in [1.54, 1.807) is 0 Å². The van der Waals surface area contributed by atoms with E-state index in [1.165, 1.54) is 5.56 Å². The minimum Gasteiger partial charge on any atom is -0.322 e. The lowest BCUT2D eigenvalue weighted by atomic mass is 9.96. The quantitative estimate of drug-likeness (QED) is 0.329. The fourth-order valence-corrected chi connectivity index (χ4v) is 4.97. The number of aromatic nitrogens is 5. The van der Waals surface area contributed by atoms with Gasteiger partial charge in [-0.15, -0.1) is 5.10 Å². The van der Waals surface area contributed by atoms with Crippen LogP contribution in [0.3, 0.4) is 0 Å². The van der Waals surface area contributed by atoms with E-state index in [4.69, 9.17) is 0 Å². The van der Waals surface area contributed by atoms with Gasteiger partial charge in [0.25, 0.3) is 5.56 Å². The first-order chi connectivity index (χ1) is 17.1. The SMILES string of the molecule is CCC(C)(C)n1nnnc1[C@H](C(C)C)N(Cc1ccccc1)Cc1cc2c(C)cc(C)cc2[nH]c1=O. The van der Waals surface area contributed by atoms with Crippen molar-refractivity contribution in [3.8, 4) is 0 Å². The monoisotopic (exact) mass is 486 g/mol. The zero-order valence-electron chi connectivity index (χ0n) is 22.5. The summed E-state index contributed by atoms with van der Waals surface area (Å²) in [4.78, 5) is 18.7. The fraction of sp³-hybridized carbons (Fsp3) is 0.448. The number of nitrogens with zero attached hydrogens (tertiary/aromatic N) is 5. The van der Waals surface area contributed by atoms with Crippen molar-refractivity contribution in [2.24, 2.45) is 5.92 Å². The van der Waals surface area contributed by atoms with Crippen molar-refractivity contribution in [1.29, 1.82) is 0 Å². The van der Waals surface area contributed by atoms with Gasteiger partial charge in [0.1, 0.15) is 0 Å². The van der Waals surface area contributed by atoms with Crippen molar-refractivity contribution in [3.63, 3.8) is 0 Å². The molecule has 0 unspecified atom stereocenters. The number of pyridine rings is 1. The largest absolute Gasteiger partial charge is 0.322 e. The minimum absolute atomic E-state index is 0.0541. The summed E-state index contributed by atoms with van der Waals surface area (Å²) in [6.07, 6.45) is 0.900. The Kier molecular flexibility index (Phi) is 7.41. The second kappa shape index (κ2) is 10.3. The molecule has 1 atom stereocenters. The molecule has 0 aliphatic heterocycles. The zero-order valence-corrected chi connectivity index (χ0v) is 22.5. The molecular weight excluding hydrogens is 448 g/mol. The van der Waals surface area contributed by atoms with Crippen molar-refractivity contribution in [2.45, 2.75) is 79.6 Å². The van der Waals surface area contributed by atoms with Crippen LogP contribution < -0.4 is 5.56 Å². The predicted molar refractivity (Wildman–Crippen MR) is 145 cm³/mol. The van der Waals surface area contributed by atoms with Crippen molar-refractivity contribution >= 4 is 10.9 Å². The summed E-state index contributed by atoms with van der Waals surface area (Å²) in [5, 5.41) is 14.1. The van der Waals surface area contributed by atoms with Crippen molar-refractivity contribution in [1.82, 2.24) is 30.1 Å². The smallest absolute Gasteiger partial charge is 0.252 e. The number of aromatic amines is 1. The molecule has 0 bridgehead atoms. The Hall–Kier alpha value is -3.32. The van der Waals surface area contributed by atoms with E-state index in [9.17, 15) is 4.79 Å². The van der Waals surface area contributed by atoms with Crippen molar-refractivity contribution < 1.29 is 0 Å². The van der Waals surface area contributed by atoms with Crippen LogP contribution in [-0.4, -0.2) is 30.1 Å². The summed E-state index contributed by atoms with van der Waals surface area (Å²) in [6.45, 7) is 16.2. The molecule has 0 spiro atoms. The molecule has 7 nitrogen and oxygen atoms in total. The molecule has 0 aliphatic rings. The van der Waals surface area contributed by atoms with Gasteiger partial charge < -0.3 is 4.98 Å². The van der Waals surface area contributed by atoms with Gasteiger partial charge in [-0.1, -0.05) is 57.2 Å². The molecule has 0 aliphatic carbocycles. The van der Waals surface area contributed by atoms with Crippen LogP contribution in [-0.2, 0) is 18.6 Å². The molecule has 0 saturated heterocycles. The molecule has 0 radical (unpaired) electrons. The number of benzene rings is 2. The number of tetrazole rings is 1. The van der Waals surface area contributed by atoms with E-state index in [-0.39, 0.29) is 23.1 Å². The Morgan fingerprint density at radius 2 is 1.78 bits per heavy atom. The van der Waals surface area contributed by atoms with Crippen molar-refractivity contribution in [3.05, 3.63) is 87.0 Å². The van der Waals surface area contributed by atoms with E-state index in [1.807, 2.05) is 16.8 Å². The molecule has 36 heavy (non-hydrogen) atoms. The van der Waals surface area contributed by atoms with Crippen LogP contribution in [0.5, 0.6) is 0 Å². The van der Waals surface area contributed by atoms with Gasteiger partial charge in [-0.05, 0) is 79.3 Å². The fourth-order valence-electron chi connectivity index (χ4n) is 4.97. The maximum absolute atomic E-state index is 13.3. The van der Waals surface area contributed by atoms with Gasteiger partial charge >= 0.3 is 0 Å². The Morgan fingerprint density at radius 1 is 1.06 bits per heavy atom. The van der Waals surface area contributed by atoms with E-state index in [2.05, 4.69) is 110 Å². The van der Waals surface area contributed by atoms with E-state index < -0.39 is 0 Å². The Bertz CT molecular complexity index is 1390. The number of rotatable bonds is 9. The molecular formula is C29H38N6O. The normalized spacial score (nSPS) is 13.1. The highest BCUT2D eigenvalue weighted by Crippen LogP contribution is 2.33. The van der Waals surface area contributed by atoms with Crippen LogP contribution in [0.2, 0.25) is 0 Å². The lowest BCUT2D eigenvalue weighted by molar-refractivity contribution is 0.118. The van der Waals surface area contributed by atoms with E-state index in [0.717, 1.165) is 39.8 Å². The highest BCUT2D eigenvalue weighted by atomic mass is 16.1. The molecule has 2 heterocycles. The third-order valence-corrected chi connectivity index (χ3v) is 7.21. The first-order valence-electron chi connectivity index (χ1n) is 12.8. The average molecular weight is 487 g/mol. The summed E-state index contributed by atoms with van der Waals surface area (Å²) in [6, 6.07) is 16.5. The van der Waals surface area contributed by atoms with Crippen LogP contribution in [0.4, 0.5) is 0 Å². The number of hydrogen-bond acceptors (Lipinski definition) is 5. The van der Waals surface area contributed by atoms with E-state index in [0.29, 0.717) is 13.1 Å². The van der Waals surface area contributed by atoms with Gasteiger partial charge in [-0.2, -0.15) is 0 Å². The maximum atomic E-state index is 13.3. The summed E-state index contributed by atoms with van der Waals surface area (Å²) < 4.78 is 1.97. The van der Waals surface area contributed by atoms with Gasteiger partial charge in [0.2, 0.25) is 0 Å². The first kappa shape index (κ1) is 25.8. The summed E-state index contributed by atoms with van der Waals surface area (Å²) in [5.74, 6) is 1.05. The van der Waals surface area contributed by atoms with Gasteiger partial charge in [-0.3, -0.25) is 9.69 Å². The van der Waals surface area contributed by atoms with Crippen molar-refractivity contribution in [2.75, 3.05) is 0 Å². The zero-order chi connectivity index (χ0) is 26.0. The lowest BCUT2D eigenvalue weighted by Crippen LogP contribution is -2.38. The second-order valence-electron chi connectivity index (χ2n) is 10.9. The number of hydrogen-bond donors (Lipinski definition) is 1. The molecule has 0 fully saturated rings. The molecule has 0 saturated carbocycles. The second-order valence-corrected chi connectivity index (χ2v) is 10.9. The Balaban J connectivity index is 1.83. The number of aryl methyl sites for hydroxylation is 2. The molecule has 1 N–H and O–H groups in total. The standard InChI is InChI=1S/C29H38N6O/c1-8-29(6,7)35-27(31-32-33-35)26(19(2)3)34(17-22-12-10-9-11-13-22)18-23-16-24-21(5)14-20(4)15-25(24)30-28(23)36/h9-16,19,26H,8,17-18H2,1-7H3,(H,30,36)/t26-/m0/s1. The van der Waals surface area contributed by atoms with Gasteiger partial charge in [0.05, 0.1) is 11.6 Å². The minimum atomic E-state index is -0.222. The number of fused-ring (bicyclic) bond motifs is 1. The van der Waals surface area contributed by atoms with Crippen LogP contribution in [0.1, 0.15) is 75.2 Å². The lowest BCUT2D eigenvalue weighted by Gasteiger charge is -2.35. The summed E-state index contributed by atoms with van der Waals surface area (Å²) in [5.41, 5.74) is 4.82. The Morgan fingerprint density at radius 3 is 2.44 bits per heavy atom.